The molecule has 4 N–H and O–H groups in total. The van der Waals surface area contributed by atoms with Gasteiger partial charge in [0.15, 0.2) is 11.6 Å². The molecular formula is C18H20N8O3S. The van der Waals surface area contributed by atoms with Crippen molar-refractivity contribution in [1.82, 2.24) is 34.8 Å². The smallest absolute Gasteiger partial charge is 0.242 e. The van der Waals surface area contributed by atoms with Gasteiger partial charge in [-0.25, -0.2) is 23.4 Å². The minimum absolute atomic E-state index is 0.00348. The van der Waals surface area contributed by atoms with Crippen LogP contribution in [0.5, 0.6) is 0 Å². The van der Waals surface area contributed by atoms with Crippen molar-refractivity contribution in [3.8, 4) is 17.1 Å². The number of hydrogen-bond acceptors (Lipinski definition) is 8. The van der Waals surface area contributed by atoms with Crippen LogP contribution in [0.3, 0.4) is 0 Å². The molecule has 0 atom stereocenters. The molecule has 0 bridgehead atoms. The first-order valence-electron chi connectivity index (χ1n) is 9.21. The Morgan fingerprint density at radius 3 is 2.83 bits per heavy atom. The highest BCUT2D eigenvalue weighted by Crippen LogP contribution is 2.29. The highest BCUT2D eigenvalue weighted by atomic mass is 32.2. The third kappa shape index (κ3) is 4.14. The Balaban J connectivity index is 1.60. The topological polar surface area (TPSA) is 158 Å². The molecule has 0 saturated heterocycles. The van der Waals surface area contributed by atoms with Crippen LogP contribution in [0.1, 0.15) is 18.4 Å². The van der Waals surface area contributed by atoms with Gasteiger partial charge in [0.25, 0.3) is 0 Å². The Morgan fingerprint density at radius 2 is 2.13 bits per heavy atom. The maximum atomic E-state index is 12.7. The first-order valence-corrected chi connectivity index (χ1v) is 10.7. The van der Waals surface area contributed by atoms with Crippen LogP contribution in [-0.2, 0) is 14.8 Å². The monoisotopic (exact) mass is 428 g/mol. The fourth-order valence-electron chi connectivity index (χ4n) is 2.84. The van der Waals surface area contributed by atoms with Gasteiger partial charge in [0.05, 0.1) is 23.5 Å². The molecule has 1 aromatic carbocycles. The van der Waals surface area contributed by atoms with Gasteiger partial charge in [0.2, 0.25) is 15.9 Å². The number of carbonyl (C=O) groups is 1. The predicted molar refractivity (Wildman–Crippen MR) is 108 cm³/mol. The van der Waals surface area contributed by atoms with Gasteiger partial charge in [-0.2, -0.15) is 14.5 Å². The molecule has 30 heavy (non-hydrogen) atoms. The van der Waals surface area contributed by atoms with E-state index in [-0.39, 0.29) is 29.2 Å². The third-order valence-electron chi connectivity index (χ3n) is 4.69. The fraction of sp³-hybridized carbons (Fsp3) is 0.278. The van der Waals surface area contributed by atoms with Gasteiger partial charge in [-0.3, -0.25) is 4.79 Å². The number of nitrogens with one attached hydrogen (secondary N) is 2. The molecule has 0 spiro atoms. The first-order chi connectivity index (χ1) is 14.3. The number of hydrogen-bond donors (Lipinski definition) is 3. The summed E-state index contributed by atoms with van der Waals surface area (Å²) in [4.78, 5) is 24.2. The molecule has 1 fully saturated rings. The maximum absolute atomic E-state index is 12.7. The number of rotatable bonds is 7. The van der Waals surface area contributed by atoms with E-state index in [0.29, 0.717) is 17.1 Å². The van der Waals surface area contributed by atoms with Crippen molar-refractivity contribution < 1.29 is 13.2 Å². The van der Waals surface area contributed by atoms with Crippen LogP contribution in [0.4, 0.5) is 5.82 Å². The highest BCUT2D eigenvalue weighted by Gasteiger charge is 2.29. The van der Waals surface area contributed by atoms with Crippen LogP contribution in [0.2, 0.25) is 0 Å². The quantitative estimate of drug-likeness (QED) is 0.456. The molecule has 156 valence electrons. The zero-order valence-corrected chi connectivity index (χ0v) is 16.9. The molecule has 0 radical (unpaired) electrons. The molecule has 12 heteroatoms. The second kappa shape index (κ2) is 7.80. The number of nitrogens with two attached hydrogens (primary N) is 1. The average Bonchev–Trinajstić information content (AvgIpc) is 3.43. The van der Waals surface area contributed by atoms with E-state index in [4.69, 9.17) is 5.73 Å². The lowest BCUT2D eigenvalue weighted by molar-refractivity contribution is -0.122. The molecule has 3 aromatic rings. The summed E-state index contributed by atoms with van der Waals surface area (Å²) >= 11 is 0. The van der Waals surface area contributed by atoms with Gasteiger partial charge in [0.1, 0.15) is 12.7 Å². The molecular weight excluding hydrogens is 408 g/mol. The van der Waals surface area contributed by atoms with E-state index in [1.54, 1.807) is 6.07 Å². The predicted octanol–water partition coefficient (Wildman–Crippen LogP) is 0.377. The van der Waals surface area contributed by atoms with Crippen LogP contribution in [0.15, 0.2) is 41.9 Å². The minimum atomic E-state index is -3.84. The summed E-state index contributed by atoms with van der Waals surface area (Å²) in [5.74, 6) is 0.321. The summed E-state index contributed by atoms with van der Waals surface area (Å²) in [6, 6.07) is 4.68. The highest BCUT2D eigenvalue weighted by molar-refractivity contribution is 7.89. The zero-order chi connectivity index (χ0) is 21.3. The van der Waals surface area contributed by atoms with E-state index >= 15 is 0 Å². The number of sulfonamides is 1. The van der Waals surface area contributed by atoms with Gasteiger partial charge < -0.3 is 11.1 Å². The lowest BCUT2D eigenvalue weighted by atomic mass is 10.1. The Hall–Kier alpha value is -3.38. The summed E-state index contributed by atoms with van der Waals surface area (Å²) < 4.78 is 29.1. The van der Waals surface area contributed by atoms with E-state index < -0.39 is 10.0 Å². The molecule has 1 aliphatic carbocycles. The number of aromatic nitrogens is 5. The molecule has 2 heterocycles. The molecule has 11 nitrogen and oxygen atoms in total. The van der Waals surface area contributed by atoms with Crippen molar-refractivity contribution in [1.29, 1.82) is 0 Å². The van der Waals surface area contributed by atoms with Gasteiger partial charge >= 0.3 is 0 Å². The SMILES string of the molecule is Cc1ccc(S(=O)(=O)NCNC(=O)C2CC2)cc1-c1cnc(N)c(-n2cncn2)n1. The van der Waals surface area contributed by atoms with E-state index in [1.807, 2.05) is 6.92 Å². The van der Waals surface area contributed by atoms with Crippen molar-refractivity contribution in [2.24, 2.45) is 5.92 Å². The lowest BCUT2D eigenvalue weighted by Gasteiger charge is -2.12. The first kappa shape index (κ1) is 19.9. The summed E-state index contributed by atoms with van der Waals surface area (Å²) in [5, 5.41) is 6.59. The van der Waals surface area contributed by atoms with E-state index in [1.165, 1.54) is 35.7 Å². The van der Waals surface area contributed by atoms with Gasteiger partial charge in [-0.15, -0.1) is 0 Å². The van der Waals surface area contributed by atoms with Crippen molar-refractivity contribution in [2.45, 2.75) is 24.7 Å². The Morgan fingerprint density at radius 1 is 1.33 bits per heavy atom. The van der Waals surface area contributed by atoms with Crippen molar-refractivity contribution in [3.63, 3.8) is 0 Å². The van der Waals surface area contributed by atoms with Crippen LogP contribution >= 0.6 is 0 Å². The van der Waals surface area contributed by atoms with Crippen LogP contribution < -0.4 is 15.8 Å². The Kier molecular flexibility index (Phi) is 5.18. The van der Waals surface area contributed by atoms with E-state index in [0.717, 1.165) is 18.4 Å². The number of anilines is 1. The standard InChI is InChI=1S/C18H20N8O3S/c1-11-2-5-13(30(28,29)24-9-22-18(27)12-3-4-12)6-14(11)15-7-21-16(19)17(25-15)26-10-20-8-23-26/h2,5-8,10,12,24H,3-4,9H2,1H3,(H2,19,21)(H,22,27). The number of nitrogens with zero attached hydrogens (tertiary/aromatic N) is 5. The normalized spacial score (nSPS) is 13.9. The van der Waals surface area contributed by atoms with Gasteiger partial charge in [-0.05, 0) is 37.5 Å². The van der Waals surface area contributed by atoms with Gasteiger partial charge in [0, 0.05) is 11.5 Å². The van der Waals surface area contributed by atoms with Crippen molar-refractivity contribution >= 4 is 21.7 Å². The van der Waals surface area contributed by atoms with Crippen LogP contribution in [-0.4, -0.2) is 45.7 Å². The number of amides is 1. The summed E-state index contributed by atoms with van der Waals surface area (Å²) in [7, 11) is -3.84. The van der Waals surface area contributed by atoms with Crippen LogP contribution in [0.25, 0.3) is 17.1 Å². The maximum Gasteiger partial charge on any atom is 0.242 e. The Bertz CT molecular complexity index is 1190. The Labute approximate surface area is 172 Å². The molecule has 1 aliphatic rings. The number of carbonyl (C=O) groups excluding carboxylic acids is 1. The second-order valence-corrected chi connectivity index (χ2v) is 8.69. The summed E-state index contributed by atoms with van der Waals surface area (Å²) in [5.41, 5.74) is 7.72. The average molecular weight is 428 g/mol. The third-order valence-corrected chi connectivity index (χ3v) is 6.08. The summed E-state index contributed by atoms with van der Waals surface area (Å²) in [6.07, 6.45) is 5.95. The zero-order valence-electron chi connectivity index (χ0n) is 16.1. The van der Waals surface area contributed by atoms with Crippen LogP contribution in [0, 0.1) is 12.8 Å². The van der Waals surface area contributed by atoms with E-state index in [9.17, 15) is 13.2 Å². The molecule has 1 amide bonds. The van der Waals surface area contributed by atoms with Gasteiger partial charge in [-0.1, -0.05) is 6.07 Å². The summed E-state index contributed by atoms with van der Waals surface area (Å²) in [6.45, 7) is 1.67. The minimum Gasteiger partial charge on any atom is -0.381 e. The molecule has 4 rings (SSSR count). The van der Waals surface area contributed by atoms with E-state index in [2.05, 4.69) is 30.1 Å². The number of nitrogen functional groups attached to an aromatic ring is 1. The largest absolute Gasteiger partial charge is 0.381 e. The molecule has 0 unspecified atom stereocenters. The number of benzene rings is 1. The molecule has 0 aliphatic heterocycles. The van der Waals surface area contributed by atoms with Crippen molar-refractivity contribution in [2.75, 3.05) is 12.4 Å². The number of aryl methyl sites for hydroxylation is 1. The lowest BCUT2D eigenvalue weighted by Crippen LogP contribution is -2.37. The second-order valence-electron chi connectivity index (χ2n) is 6.92. The van der Waals surface area contributed by atoms with Crippen molar-refractivity contribution in [3.05, 3.63) is 42.6 Å². The molecule has 2 aromatic heterocycles. The fourth-order valence-corrected chi connectivity index (χ4v) is 3.79. The molecule has 1 saturated carbocycles.